The lowest BCUT2D eigenvalue weighted by Gasteiger charge is -2.05. The average molecular weight is 188 g/mol. The summed E-state index contributed by atoms with van der Waals surface area (Å²) in [7, 11) is 0. The zero-order valence-corrected chi connectivity index (χ0v) is 8.24. The number of ketones is 1. The highest BCUT2D eigenvalue weighted by atomic mass is 16.1. The van der Waals surface area contributed by atoms with Gasteiger partial charge in [-0.15, -0.1) is 0 Å². The summed E-state index contributed by atoms with van der Waals surface area (Å²) in [5, 5.41) is 7.04. The molecule has 0 aliphatic rings. The summed E-state index contributed by atoms with van der Waals surface area (Å²) in [5.41, 5.74) is 0.897. The minimum atomic E-state index is -0.164. The summed E-state index contributed by atoms with van der Waals surface area (Å²) < 4.78 is 0. The fourth-order valence-electron chi connectivity index (χ4n) is 1.12. The van der Waals surface area contributed by atoms with Crippen molar-refractivity contribution in [1.29, 1.82) is 5.41 Å². The van der Waals surface area contributed by atoms with Crippen molar-refractivity contribution in [2.75, 3.05) is 0 Å². The highest BCUT2D eigenvalue weighted by molar-refractivity contribution is 6.13. The van der Waals surface area contributed by atoms with Gasteiger partial charge in [0.2, 0.25) is 0 Å². The molecular weight excluding hydrogens is 176 g/mol. The number of pyridine rings is 1. The summed E-state index contributed by atoms with van der Waals surface area (Å²) in [6.07, 6.45) is 3.11. The van der Waals surface area contributed by atoms with Crippen LogP contribution in [0.1, 0.15) is 24.2 Å². The van der Waals surface area contributed by atoms with Gasteiger partial charge in [0, 0.05) is 18.0 Å². The molecule has 1 aromatic heterocycles. The number of nitrogens with one attached hydrogen (secondary N) is 1. The Kier molecular flexibility index (Phi) is 3.32. The number of Topliss-reactive ketones (excluding diaryl/α,β-unsaturated/α-hetero) is 1. The molecule has 0 saturated carbocycles. The van der Waals surface area contributed by atoms with Crippen LogP contribution in [-0.4, -0.2) is 16.6 Å². The molecule has 3 heteroatoms. The molecule has 3 nitrogen and oxygen atoms in total. The molecule has 72 valence electrons. The summed E-state index contributed by atoms with van der Waals surface area (Å²) >= 11 is 0. The van der Waals surface area contributed by atoms with Gasteiger partial charge in [-0.3, -0.25) is 15.2 Å². The zero-order valence-electron chi connectivity index (χ0n) is 8.24. The first-order valence-electron chi connectivity index (χ1n) is 4.41. The molecular formula is C11H12N2O. The Bertz CT molecular complexity index is 376. The molecule has 0 spiro atoms. The predicted molar refractivity (Wildman–Crippen MR) is 54.6 cm³/mol. The second-order valence-corrected chi connectivity index (χ2v) is 3.26. The predicted octanol–water partition coefficient (Wildman–Crippen LogP) is 2.10. The number of nitrogens with zero attached hydrogens (tertiary/aromatic N) is 1. The lowest BCUT2D eigenvalue weighted by molar-refractivity contribution is 0.102. The second-order valence-electron chi connectivity index (χ2n) is 3.26. The topological polar surface area (TPSA) is 53.8 Å². The zero-order chi connectivity index (χ0) is 10.6. The van der Waals surface area contributed by atoms with Crippen molar-refractivity contribution in [2.45, 2.75) is 13.8 Å². The number of carbonyl (C=O) groups excluding carboxylic acids is 1. The van der Waals surface area contributed by atoms with E-state index < -0.39 is 0 Å². The number of rotatable bonds is 3. The molecule has 1 N–H and O–H groups in total. The van der Waals surface area contributed by atoms with Crippen molar-refractivity contribution in [3.8, 4) is 0 Å². The summed E-state index contributed by atoms with van der Waals surface area (Å²) in [5.74, 6) is 2.04. The molecule has 1 rings (SSSR count). The Balaban J connectivity index is 3.02. The molecule has 0 atom stereocenters. The summed E-state index contributed by atoms with van der Waals surface area (Å²) in [6, 6.07) is 3.39. The maximum absolute atomic E-state index is 11.8. The van der Waals surface area contributed by atoms with E-state index in [4.69, 9.17) is 5.41 Å². The van der Waals surface area contributed by atoms with Gasteiger partial charge in [-0.1, -0.05) is 13.8 Å². The molecule has 0 bridgehead atoms. The Morgan fingerprint density at radius 1 is 1.57 bits per heavy atom. The van der Waals surface area contributed by atoms with Crippen LogP contribution in [0.2, 0.25) is 0 Å². The van der Waals surface area contributed by atoms with E-state index in [0.29, 0.717) is 11.1 Å². The van der Waals surface area contributed by atoms with Crippen molar-refractivity contribution < 1.29 is 4.79 Å². The van der Waals surface area contributed by atoms with Crippen LogP contribution in [0.4, 0.5) is 0 Å². The van der Waals surface area contributed by atoms with E-state index in [2.05, 4.69) is 10.9 Å². The summed E-state index contributed by atoms with van der Waals surface area (Å²) in [6.45, 7) is 3.73. The maximum Gasteiger partial charge on any atom is 0.200 e. The average Bonchev–Trinajstić information content (AvgIpc) is 2.19. The van der Waals surface area contributed by atoms with Crippen molar-refractivity contribution in [3.63, 3.8) is 0 Å². The van der Waals surface area contributed by atoms with Crippen LogP contribution in [0.25, 0.3) is 0 Å². The van der Waals surface area contributed by atoms with Gasteiger partial charge in [0.15, 0.2) is 5.78 Å². The van der Waals surface area contributed by atoms with E-state index in [1.807, 2.05) is 13.8 Å². The number of hydrogen-bond donors (Lipinski definition) is 1. The minimum absolute atomic E-state index is 0.0141. The van der Waals surface area contributed by atoms with Crippen molar-refractivity contribution in [3.05, 3.63) is 35.7 Å². The van der Waals surface area contributed by atoms with Gasteiger partial charge in [-0.25, -0.2) is 0 Å². The Morgan fingerprint density at radius 2 is 2.29 bits per heavy atom. The number of allylic oxidation sites excluding steroid dienone is 1. The van der Waals surface area contributed by atoms with Crippen LogP contribution < -0.4 is 0 Å². The molecule has 0 unspecified atom stereocenters. The van der Waals surface area contributed by atoms with Gasteiger partial charge in [0.1, 0.15) is 0 Å². The quantitative estimate of drug-likeness (QED) is 0.448. The lowest BCUT2D eigenvalue weighted by atomic mass is 9.97. The molecule has 1 heterocycles. The standard InChI is InChI=1S/C11H12N2O/c1-8(2)10(6-12)11(14)9-4-3-5-13-7-9/h3-5,7-8,12H,1-2H3. The van der Waals surface area contributed by atoms with Crippen LogP contribution in [0.3, 0.4) is 0 Å². The normalized spacial score (nSPS) is 9.64. The molecule has 0 amide bonds. The van der Waals surface area contributed by atoms with E-state index in [9.17, 15) is 4.79 Å². The second kappa shape index (κ2) is 4.49. The molecule has 0 aliphatic heterocycles. The smallest absolute Gasteiger partial charge is 0.200 e. The van der Waals surface area contributed by atoms with Crippen LogP contribution in [0.15, 0.2) is 30.1 Å². The number of hydrogen-bond acceptors (Lipinski definition) is 3. The highest BCUT2D eigenvalue weighted by Crippen LogP contribution is 2.12. The number of carbonyl (C=O) groups is 1. The first-order valence-corrected chi connectivity index (χ1v) is 4.41. The minimum Gasteiger partial charge on any atom is -0.288 e. The Hall–Kier alpha value is -1.73. The van der Waals surface area contributed by atoms with E-state index in [1.54, 1.807) is 18.3 Å². The Morgan fingerprint density at radius 3 is 2.71 bits per heavy atom. The fourth-order valence-corrected chi connectivity index (χ4v) is 1.12. The fraction of sp³-hybridized carbons (Fsp3) is 0.273. The Labute approximate surface area is 83.0 Å². The molecule has 0 saturated heterocycles. The van der Waals surface area contributed by atoms with E-state index in [-0.39, 0.29) is 11.7 Å². The van der Waals surface area contributed by atoms with Crippen molar-refractivity contribution in [1.82, 2.24) is 4.98 Å². The van der Waals surface area contributed by atoms with Crippen molar-refractivity contribution >= 4 is 11.7 Å². The van der Waals surface area contributed by atoms with Crippen LogP contribution in [-0.2, 0) is 0 Å². The van der Waals surface area contributed by atoms with Crippen LogP contribution in [0, 0.1) is 11.3 Å². The first kappa shape index (κ1) is 10.4. The third kappa shape index (κ3) is 2.15. The van der Waals surface area contributed by atoms with Crippen LogP contribution >= 0.6 is 0 Å². The van der Waals surface area contributed by atoms with E-state index in [0.717, 1.165) is 0 Å². The van der Waals surface area contributed by atoms with Gasteiger partial charge in [-0.2, -0.15) is 0 Å². The van der Waals surface area contributed by atoms with Gasteiger partial charge < -0.3 is 0 Å². The van der Waals surface area contributed by atoms with E-state index >= 15 is 0 Å². The monoisotopic (exact) mass is 188 g/mol. The lowest BCUT2D eigenvalue weighted by Crippen LogP contribution is -2.09. The maximum atomic E-state index is 11.8. The molecule has 0 aliphatic carbocycles. The molecule has 1 aromatic rings. The summed E-state index contributed by atoms with van der Waals surface area (Å²) in [4.78, 5) is 15.6. The van der Waals surface area contributed by atoms with Crippen molar-refractivity contribution in [2.24, 2.45) is 5.92 Å². The molecule has 0 aromatic carbocycles. The highest BCUT2D eigenvalue weighted by Gasteiger charge is 2.15. The van der Waals surface area contributed by atoms with Gasteiger partial charge >= 0.3 is 0 Å². The van der Waals surface area contributed by atoms with Crippen LogP contribution in [0.5, 0.6) is 0 Å². The SMILES string of the molecule is CC(C)C(=C=N)C(=O)c1cccnc1. The largest absolute Gasteiger partial charge is 0.288 e. The number of aromatic nitrogens is 1. The third-order valence-electron chi connectivity index (χ3n) is 1.88. The molecule has 0 radical (unpaired) electrons. The molecule has 14 heavy (non-hydrogen) atoms. The van der Waals surface area contributed by atoms with E-state index in [1.165, 1.54) is 6.20 Å². The first-order chi connectivity index (χ1) is 6.66. The van der Waals surface area contributed by atoms with Gasteiger partial charge in [0.25, 0.3) is 0 Å². The molecule has 0 fully saturated rings. The third-order valence-corrected chi connectivity index (χ3v) is 1.88. The van der Waals surface area contributed by atoms with Gasteiger partial charge in [-0.05, 0) is 23.9 Å². The van der Waals surface area contributed by atoms with Gasteiger partial charge in [0.05, 0.1) is 5.57 Å².